The second-order valence-corrected chi connectivity index (χ2v) is 5.69. The predicted molar refractivity (Wildman–Crippen MR) is 73.4 cm³/mol. The number of aryl methyl sites for hydroxylation is 1. The van der Waals surface area contributed by atoms with Crippen LogP contribution < -0.4 is 0 Å². The lowest BCUT2D eigenvalue weighted by Crippen LogP contribution is -2.14. The SMILES string of the molecule is Cc1nn(Cc2ncnn2CC(C)C)c(C)c1Br. The number of hydrogen-bond acceptors (Lipinski definition) is 3. The van der Waals surface area contributed by atoms with Crippen LogP contribution in [0.4, 0.5) is 0 Å². The van der Waals surface area contributed by atoms with Gasteiger partial charge in [0.05, 0.1) is 15.9 Å². The van der Waals surface area contributed by atoms with Gasteiger partial charge in [0.25, 0.3) is 0 Å². The fourth-order valence-electron chi connectivity index (χ4n) is 1.87. The van der Waals surface area contributed by atoms with Crippen LogP contribution in [-0.4, -0.2) is 24.5 Å². The van der Waals surface area contributed by atoms with Crippen molar-refractivity contribution < 1.29 is 0 Å². The molecule has 0 atom stereocenters. The Morgan fingerprint density at radius 1 is 1.28 bits per heavy atom. The Balaban J connectivity index is 2.23. The quantitative estimate of drug-likeness (QED) is 0.872. The summed E-state index contributed by atoms with van der Waals surface area (Å²) in [6, 6.07) is 0. The molecule has 5 nitrogen and oxygen atoms in total. The van der Waals surface area contributed by atoms with Crippen LogP contribution in [0.3, 0.4) is 0 Å². The Bertz CT molecular complexity index is 541. The van der Waals surface area contributed by atoms with E-state index in [4.69, 9.17) is 0 Å². The van der Waals surface area contributed by atoms with Crippen LogP contribution >= 0.6 is 15.9 Å². The van der Waals surface area contributed by atoms with E-state index in [0.717, 1.165) is 28.2 Å². The lowest BCUT2D eigenvalue weighted by molar-refractivity contribution is 0.455. The summed E-state index contributed by atoms with van der Waals surface area (Å²) < 4.78 is 4.98. The van der Waals surface area contributed by atoms with Gasteiger partial charge in [0, 0.05) is 6.54 Å². The Morgan fingerprint density at radius 2 is 2.00 bits per heavy atom. The minimum atomic E-state index is 0.553. The maximum Gasteiger partial charge on any atom is 0.148 e. The molecule has 0 unspecified atom stereocenters. The standard InChI is InChI=1S/C12H18BrN5/c1-8(2)5-18-11(14-7-15-18)6-17-10(4)12(13)9(3)16-17/h7-8H,5-6H2,1-4H3. The van der Waals surface area contributed by atoms with Crippen molar-refractivity contribution in [2.75, 3.05) is 0 Å². The van der Waals surface area contributed by atoms with Crippen LogP contribution in [0.5, 0.6) is 0 Å². The van der Waals surface area contributed by atoms with E-state index >= 15 is 0 Å². The van der Waals surface area contributed by atoms with Crippen molar-refractivity contribution in [1.29, 1.82) is 0 Å². The highest BCUT2D eigenvalue weighted by atomic mass is 79.9. The van der Waals surface area contributed by atoms with Crippen molar-refractivity contribution in [3.05, 3.63) is 28.0 Å². The molecule has 6 heteroatoms. The smallest absolute Gasteiger partial charge is 0.148 e. The first-order valence-corrected chi connectivity index (χ1v) is 6.84. The van der Waals surface area contributed by atoms with E-state index in [9.17, 15) is 0 Å². The molecular weight excluding hydrogens is 294 g/mol. The number of halogens is 1. The van der Waals surface area contributed by atoms with Crippen molar-refractivity contribution in [2.45, 2.75) is 40.8 Å². The molecule has 0 radical (unpaired) electrons. The largest absolute Gasteiger partial charge is 0.261 e. The molecule has 2 aromatic heterocycles. The fraction of sp³-hybridized carbons (Fsp3) is 0.583. The first-order valence-electron chi connectivity index (χ1n) is 6.05. The molecule has 0 amide bonds. The Hall–Kier alpha value is -1.17. The first-order chi connectivity index (χ1) is 8.49. The summed E-state index contributed by atoms with van der Waals surface area (Å²) >= 11 is 3.54. The third-order valence-corrected chi connectivity index (χ3v) is 3.97. The van der Waals surface area contributed by atoms with Crippen molar-refractivity contribution >= 4 is 15.9 Å². The summed E-state index contributed by atoms with van der Waals surface area (Å²) in [5.41, 5.74) is 2.12. The number of aromatic nitrogens is 5. The Morgan fingerprint density at radius 3 is 2.56 bits per heavy atom. The normalized spacial score (nSPS) is 11.4. The molecule has 0 N–H and O–H groups in total. The number of hydrogen-bond donors (Lipinski definition) is 0. The molecule has 0 spiro atoms. The van der Waals surface area contributed by atoms with E-state index in [2.05, 4.69) is 45.0 Å². The predicted octanol–water partition coefficient (Wildman–Crippen LogP) is 2.56. The monoisotopic (exact) mass is 311 g/mol. The van der Waals surface area contributed by atoms with Crippen LogP contribution in [0.2, 0.25) is 0 Å². The van der Waals surface area contributed by atoms with Gasteiger partial charge in [0.2, 0.25) is 0 Å². The molecule has 0 aliphatic rings. The Labute approximate surface area is 115 Å². The molecule has 2 heterocycles. The maximum atomic E-state index is 4.49. The number of nitrogens with zero attached hydrogens (tertiary/aromatic N) is 5. The molecule has 0 bridgehead atoms. The minimum absolute atomic E-state index is 0.553. The highest BCUT2D eigenvalue weighted by molar-refractivity contribution is 9.10. The average molecular weight is 312 g/mol. The van der Waals surface area contributed by atoms with Gasteiger partial charge in [0.15, 0.2) is 0 Å². The molecule has 0 fully saturated rings. The highest BCUT2D eigenvalue weighted by Crippen LogP contribution is 2.20. The van der Waals surface area contributed by atoms with Crippen molar-refractivity contribution in [1.82, 2.24) is 24.5 Å². The maximum absolute atomic E-state index is 4.49. The zero-order valence-corrected chi connectivity index (χ0v) is 12.8. The van der Waals surface area contributed by atoms with Gasteiger partial charge in [-0.1, -0.05) is 13.8 Å². The van der Waals surface area contributed by atoms with Gasteiger partial charge in [-0.2, -0.15) is 10.2 Å². The summed E-state index contributed by atoms with van der Waals surface area (Å²) in [6.45, 7) is 9.93. The van der Waals surface area contributed by atoms with E-state index in [1.807, 2.05) is 23.2 Å². The van der Waals surface area contributed by atoms with Crippen LogP contribution in [0.1, 0.15) is 31.1 Å². The summed E-state index contributed by atoms with van der Waals surface area (Å²) in [7, 11) is 0. The van der Waals surface area contributed by atoms with Gasteiger partial charge < -0.3 is 0 Å². The molecule has 2 rings (SSSR count). The molecule has 0 saturated heterocycles. The average Bonchev–Trinajstić information content (AvgIpc) is 2.81. The zero-order valence-electron chi connectivity index (χ0n) is 11.2. The van der Waals surface area contributed by atoms with E-state index in [-0.39, 0.29) is 0 Å². The van der Waals surface area contributed by atoms with E-state index in [0.29, 0.717) is 12.5 Å². The molecule has 0 saturated carbocycles. The van der Waals surface area contributed by atoms with Gasteiger partial charge in [-0.15, -0.1) is 0 Å². The fourth-order valence-corrected chi connectivity index (χ4v) is 2.16. The molecule has 98 valence electrons. The zero-order chi connectivity index (χ0) is 13.3. The molecular formula is C12H18BrN5. The van der Waals surface area contributed by atoms with E-state index in [1.165, 1.54) is 0 Å². The lowest BCUT2D eigenvalue weighted by atomic mass is 10.2. The van der Waals surface area contributed by atoms with Crippen LogP contribution in [0.15, 0.2) is 10.8 Å². The van der Waals surface area contributed by atoms with Crippen molar-refractivity contribution in [3.8, 4) is 0 Å². The van der Waals surface area contributed by atoms with Gasteiger partial charge in [-0.3, -0.25) is 4.68 Å². The topological polar surface area (TPSA) is 48.5 Å². The van der Waals surface area contributed by atoms with Crippen LogP contribution in [0.25, 0.3) is 0 Å². The third kappa shape index (κ3) is 2.63. The molecule has 0 aromatic carbocycles. The van der Waals surface area contributed by atoms with Gasteiger partial charge in [-0.05, 0) is 35.7 Å². The minimum Gasteiger partial charge on any atom is -0.261 e. The second-order valence-electron chi connectivity index (χ2n) is 4.89. The summed E-state index contributed by atoms with van der Waals surface area (Å²) in [4.78, 5) is 4.32. The first kappa shape index (κ1) is 13.3. The van der Waals surface area contributed by atoms with Gasteiger partial charge in [-0.25, -0.2) is 9.67 Å². The summed E-state index contributed by atoms with van der Waals surface area (Å²) in [6.07, 6.45) is 1.61. The summed E-state index contributed by atoms with van der Waals surface area (Å²) in [5.74, 6) is 1.50. The van der Waals surface area contributed by atoms with Crippen LogP contribution in [0, 0.1) is 19.8 Å². The third-order valence-electron chi connectivity index (χ3n) is 2.82. The number of rotatable bonds is 4. The molecule has 0 aliphatic carbocycles. The van der Waals surface area contributed by atoms with Crippen LogP contribution in [-0.2, 0) is 13.1 Å². The molecule has 18 heavy (non-hydrogen) atoms. The second kappa shape index (κ2) is 5.22. The van der Waals surface area contributed by atoms with E-state index in [1.54, 1.807) is 6.33 Å². The Kier molecular flexibility index (Phi) is 3.85. The van der Waals surface area contributed by atoms with Crippen molar-refractivity contribution in [3.63, 3.8) is 0 Å². The van der Waals surface area contributed by atoms with Gasteiger partial charge >= 0.3 is 0 Å². The van der Waals surface area contributed by atoms with Crippen molar-refractivity contribution in [2.24, 2.45) is 5.92 Å². The highest BCUT2D eigenvalue weighted by Gasteiger charge is 2.12. The van der Waals surface area contributed by atoms with Gasteiger partial charge in [0.1, 0.15) is 18.7 Å². The lowest BCUT2D eigenvalue weighted by Gasteiger charge is -2.09. The molecule has 2 aromatic rings. The van der Waals surface area contributed by atoms with E-state index < -0.39 is 0 Å². The molecule has 0 aliphatic heterocycles. The summed E-state index contributed by atoms with van der Waals surface area (Å²) in [5, 5.41) is 8.76.